The van der Waals surface area contributed by atoms with Crippen LogP contribution in [0.4, 0.5) is 0 Å². The van der Waals surface area contributed by atoms with E-state index in [1.54, 1.807) is 12.3 Å². The maximum Gasteiger partial charge on any atom is 0.198 e. The first kappa shape index (κ1) is 10.0. The molecule has 0 saturated heterocycles. The lowest BCUT2D eigenvalue weighted by atomic mass is 10.4. The zero-order chi connectivity index (χ0) is 12.1. The molecule has 2 aliphatic heterocycles. The maximum atomic E-state index is 6.12. The average Bonchev–Trinajstić information content (AvgIpc) is 3.08. The summed E-state index contributed by atoms with van der Waals surface area (Å²) in [4.78, 5) is 13.9. The van der Waals surface area contributed by atoms with E-state index in [4.69, 9.17) is 16.0 Å². The van der Waals surface area contributed by atoms with Crippen LogP contribution in [-0.4, -0.2) is 19.4 Å². The van der Waals surface area contributed by atoms with Gasteiger partial charge < -0.3 is 4.42 Å². The Kier molecular flexibility index (Phi) is 1.97. The van der Waals surface area contributed by atoms with Crippen LogP contribution in [0.25, 0.3) is 28.1 Å². The van der Waals surface area contributed by atoms with E-state index in [2.05, 4.69) is 15.0 Å². The quantitative estimate of drug-likeness (QED) is 0.501. The zero-order valence-electron chi connectivity index (χ0n) is 8.87. The summed E-state index contributed by atoms with van der Waals surface area (Å²) in [6.45, 7) is 0. The molecule has 4 rings (SSSR count). The van der Waals surface area contributed by atoms with Crippen LogP contribution in [-0.2, 0) is 0 Å². The SMILES string of the molecule is Clc1nc2sccn2c2nc(-c3ccco3)nc1-2. The molecule has 7 heteroatoms. The third-order valence-electron chi connectivity index (χ3n) is 2.59. The van der Waals surface area contributed by atoms with E-state index in [1.807, 2.05) is 22.0 Å². The molecule has 0 N–H and O–H groups in total. The third kappa shape index (κ3) is 1.30. The summed E-state index contributed by atoms with van der Waals surface area (Å²) in [5, 5.41) is 2.29. The minimum absolute atomic E-state index is 0.359. The Bertz CT molecular complexity index is 804. The van der Waals surface area contributed by atoms with Gasteiger partial charge in [-0.25, -0.2) is 15.0 Å². The number of fused-ring (bicyclic) bond motifs is 3. The number of nitrogens with zero attached hydrogens (tertiary/aromatic N) is 4. The lowest BCUT2D eigenvalue weighted by Crippen LogP contribution is -1.95. The van der Waals surface area contributed by atoms with Crippen LogP contribution in [0.5, 0.6) is 0 Å². The Balaban J connectivity index is 2.09. The van der Waals surface area contributed by atoms with Crippen LogP contribution in [0.1, 0.15) is 0 Å². The van der Waals surface area contributed by atoms with Crippen molar-refractivity contribution in [3.8, 4) is 23.1 Å². The van der Waals surface area contributed by atoms with E-state index in [9.17, 15) is 0 Å². The van der Waals surface area contributed by atoms with Gasteiger partial charge in [-0.05, 0) is 12.1 Å². The van der Waals surface area contributed by atoms with E-state index in [-0.39, 0.29) is 0 Å². The zero-order valence-corrected chi connectivity index (χ0v) is 10.4. The summed E-state index contributed by atoms with van der Waals surface area (Å²) < 4.78 is 7.15. The van der Waals surface area contributed by atoms with Gasteiger partial charge in [-0.15, -0.1) is 11.3 Å². The highest BCUT2D eigenvalue weighted by Gasteiger charge is 2.21. The molecule has 4 heterocycles. The monoisotopic (exact) mass is 276 g/mol. The molecule has 0 aliphatic carbocycles. The van der Waals surface area contributed by atoms with Gasteiger partial charge in [0.2, 0.25) is 0 Å². The van der Waals surface area contributed by atoms with Gasteiger partial charge in [-0.3, -0.25) is 4.40 Å². The highest BCUT2D eigenvalue weighted by Crippen LogP contribution is 2.31. The fourth-order valence-electron chi connectivity index (χ4n) is 1.81. The van der Waals surface area contributed by atoms with Crippen LogP contribution in [0.15, 0.2) is 34.4 Å². The van der Waals surface area contributed by atoms with Crippen molar-refractivity contribution in [2.45, 2.75) is 0 Å². The van der Waals surface area contributed by atoms with E-state index >= 15 is 0 Å². The summed E-state index contributed by atoms with van der Waals surface area (Å²) >= 11 is 7.62. The van der Waals surface area contributed by atoms with E-state index in [0.717, 1.165) is 4.96 Å². The molecular weight excluding hydrogens is 272 g/mol. The van der Waals surface area contributed by atoms with Crippen LogP contribution in [0.3, 0.4) is 0 Å². The number of hydrogen-bond donors (Lipinski definition) is 0. The van der Waals surface area contributed by atoms with Crippen molar-refractivity contribution < 1.29 is 4.42 Å². The summed E-state index contributed by atoms with van der Waals surface area (Å²) in [6, 6.07) is 3.61. The number of thiazole rings is 1. The molecule has 0 radical (unpaired) electrons. The number of hydrogen-bond acceptors (Lipinski definition) is 5. The topological polar surface area (TPSA) is 56.2 Å². The second kappa shape index (κ2) is 3.54. The number of furan rings is 1. The average molecular weight is 277 g/mol. The highest BCUT2D eigenvalue weighted by atomic mass is 35.5. The summed E-state index contributed by atoms with van der Waals surface area (Å²) in [7, 11) is 0. The Hall–Kier alpha value is -1.92. The largest absolute Gasteiger partial charge is 0.461 e. The molecule has 18 heavy (non-hydrogen) atoms. The Morgan fingerprint density at radius 1 is 1.28 bits per heavy atom. The normalized spacial score (nSPS) is 11.6. The van der Waals surface area contributed by atoms with Gasteiger partial charge in [0.15, 0.2) is 27.5 Å². The molecule has 0 bridgehead atoms. The van der Waals surface area contributed by atoms with Crippen molar-refractivity contribution >= 4 is 27.9 Å². The summed E-state index contributed by atoms with van der Waals surface area (Å²) in [6.07, 6.45) is 3.48. The first-order chi connectivity index (χ1) is 8.83. The number of aromatic nitrogens is 4. The molecule has 0 unspecified atom stereocenters. The van der Waals surface area contributed by atoms with Gasteiger partial charge in [0.25, 0.3) is 0 Å². The van der Waals surface area contributed by atoms with Crippen molar-refractivity contribution in [2.75, 3.05) is 0 Å². The molecule has 2 aliphatic rings. The van der Waals surface area contributed by atoms with Crippen molar-refractivity contribution in [1.82, 2.24) is 19.4 Å². The maximum absolute atomic E-state index is 6.12. The van der Waals surface area contributed by atoms with E-state index in [0.29, 0.717) is 28.3 Å². The fraction of sp³-hybridized carbons (Fsp3) is 0. The molecule has 88 valence electrons. The van der Waals surface area contributed by atoms with Crippen LogP contribution < -0.4 is 0 Å². The van der Waals surface area contributed by atoms with Crippen molar-refractivity contribution in [3.63, 3.8) is 0 Å². The highest BCUT2D eigenvalue weighted by molar-refractivity contribution is 7.15. The molecule has 0 fully saturated rings. The number of imidazole rings is 1. The number of halogens is 1. The van der Waals surface area contributed by atoms with Gasteiger partial charge in [-0.1, -0.05) is 11.6 Å². The van der Waals surface area contributed by atoms with Crippen molar-refractivity contribution in [3.05, 3.63) is 35.1 Å². The van der Waals surface area contributed by atoms with Crippen molar-refractivity contribution in [1.29, 1.82) is 0 Å². The molecule has 2 aromatic rings. The van der Waals surface area contributed by atoms with Gasteiger partial charge >= 0.3 is 0 Å². The molecule has 0 aromatic carbocycles. The minimum atomic E-state index is 0.359. The fourth-order valence-corrected chi connectivity index (χ4v) is 2.77. The molecule has 0 amide bonds. The molecule has 0 atom stereocenters. The first-order valence-corrected chi connectivity index (χ1v) is 6.41. The lowest BCUT2D eigenvalue weighted by Gasteiger charge is -2.00. The molecule has 2 aromatic heterocycles. The molecule has 5 nitrogen and oxygen atoms in total. The van der Waals surface area contributed by atoms with E-state index in [1.165, 1.54) is 11.3 Å². The number of rotatable bonds is 1. The predicted molar refractivity (Wildman–Crippen MR) is 68.0 cm³/mol. The Morgan fingerprint density at radius 2 is 2.22 bits per heavy atom. The summed E-state index contributed by atoms with van der Waals surface area (Å²) in [5.74, 6) is 1.83. The minimum Gasteiger partial charge on any atom is -0.461 e. The summed E-state index contributed by atoms with van der Waals surface area (Å²) in [5.41, 5.74) is 0.582. The predicted octanol–water partition coefficient (Wildman–Crippen LogP) is 3.20. The molecular formula is C11H5ClN4OS. The second-order valence-corrected chi connectivity index (χ2v) is 4.89. The van der Waals surface area contributed by atoms with E-state index < -0.39 is 0 Å². The molecule has 0 saturated carbocycles. The Morgan fingerprint density at radius 3 is 3.06 bits per heavy atom. The van der Waals surface area contributed by atoms with Gasteiger partial charge in [0.05, 0.1) is 6.26 Å². The first-order valence-electron chi connectivity index (χ1n) is 5.15. The lowest BCUT2D eigenvalue weighted by molar-refractivity contribution is 0.578. The van der Waals surface area contributed by atoms with Gasteiger partial charge in [0.1, 0.15) is 5.69 Å². The van der Waals surface area contributed by atoms with Crippen LogP contribution >= 0.6 is 22.9 Å². The van der Waals surface area contributed by atoms with Gasteiger partial charge in [-0.2, -0.15) is 0 Å². The smallest absolute Gasteiger partial charge is 0.198 e. The van der Waals surface area contributed by atoms with Crippen LogP contribution in [0, 0.1) is 0 Å². The standard InChI is InChI=1S/C11H5ClN4OS/c12-8-7-10(16-3-5-18-11(16)14-8)15-9(13-7)6-2-1-4-17-6/h1-5H. The van der Waals surface area contributed by atoms with Crippen molar-refractivity contribution in [2.24, 2.45) is 0 Å². The van der Waals surface area contributed by atoms with Crippen LogP contribution in [0.2, 0.25) is 5.15 Å². The van der Waals surface area contributed by atoms with Gasteiger partial charge in [0, 0.05) is 11.6 Å². The molecule has 0 spiro atoms. The third-order valence-corrected chi connectivity index (χ3v) is 3.61. The second-order valence-electron chi connectivity index (χ2n) is 3.65. The Labute approximate surface area is 110 Å².